The molecule has 1 aromatic heterocycles. The van der Waals surface area contributed by atoms with Crippen molar-refractivity contribution >= 4 is 17.5 Å². The van der Waals surface area contributed by atoms with Crippen molar-refractivity contribution in [2.75, 3.05) is 45.2 Å². The van der Waals surface area contributed by atoms with Crippen LogP contribution in [-0.4, -0.2) is 52.1 Å². The molecule has 1 aliphatic heterocycles. The lowest BCUT2D eigenvalue weighted by atomic mass is 10.1. The Balaban J connectivity index is 1.59. The van der Waals surface area contributed by atoms with Crippen LogP contribution in [-0.2, 0) is 16.0 Å². The molecule has 0 radical (unpaired) electrons. The molecule has 7 nitrogen and oxygen atoms in total. The Morgan fingerprint density at radius 2 is 1.93 bits per heavy atom. The predicted octanol–water partition coefficient (Wildman–Crippen LogP) is 0.150. The summed E-state index contributed by atoms with van der Waals surface area (Å²) in [6.45, 7) is 2.59. The SMILES string of the molecule is C[NH+](C)CCCNC(=O)C(=O)NC[C@@H](c1ccco1)N1CCc2ccccc21. The van der Waals surface area contributed by atoms with Gasteiger partial charge in [-0.15, -0.1) is 0 Å². The van der Waals surface area contributed by atoms with Gasteiger partial charge in [-0.05, 0) is 30.2 Å². The summed E-state index contributed by atoms with van der Waals surface area (Å²) in [5, 5.41) is 5.45. The second-order valence-corrected chi connectivity index (χ2v) is 7.38. The minimum Gasteiger partial charge on any atom is -0.467 e. The van der Waals surface area contributed by atoms with Gasteiger partial charge >= 0.3 is 11.8 Å². The molecule has 0 unspecified atom stereocenters. The zero-order valence-corrected chi connectivity index (χ0v) is 16.5. The maximum atomic E-state index is 12.2. The number of carbonyl (C=O) groups excluding carboxylic acids is 2. The first-order valence-corrected chi connectivity index (χ1v) is 9.79. The highest BCUT2D eigenvalue weighted by molar-refractivity contribution is 6.35. The van der Waals surface area contributed by atoms with E-state index in [1.807, 2.05) is 24.3 Å². The number of carbonyl (C=O) groups is 2. The molecule has 0 saturated carbocycles. The van der Waals surface area contributed by atoms with Gasteiger partial charge in [-0.3, -0.25) is 9.59 Å². The van der Waals surface area contributed by atoms with Gasteiger partial charge in [-0.2, -0.15) is 0 Å². The molecule has 150 valence electrons. The molecule has 2 heterocycles. The molecule has 7 heteroatoms. The molecule has 1 aromatic carbocycles. The van der Waals surface area contributed by atoms with Gasteiger partial charge < -0.3 is 24.9 Å². The fraction of sp³-hybridized carbons (Fsp3) is 0.429. The second-order valence-electron chi connectivity index (χ2n) is 7.38. The fourth-order valence-electron chi connectivity index (χ4n) is 3.53. The number of fused-ring (bicyclic) bond motifs is 1. The minimum absolute atomic E-state index is 0.159. The molecular formula is C21H29N4O3+. The molecule has 28 heavy (non-hydrogen) atoms. The molecule has 1 atom stereocenters. The van der Waals surface area contributed by atoms with Crippen molar-refractivity contribution in [1.82, 2.24) is 10.6 Å². The van der Waals surface area contributed by atoms with Crippen LogP contribution in [0.15, 0.2) is 47.1 Å². The van der Waals surface area contributed by atoms with Crippen LogP contribution in [0, 0.1) is 0 Å². The lowest BCUT2D eigenvalue weighted by molar-refractivity contribution is -0.858. The number of rotatable bonds is 8. The Kier molecular flexibility index (Phi) is 6.71. The number of furan rings is 1. The maximum absolute atomic E-state index is 12.2. The van der Waals surface area contributed by atoms with Crippen molar-refractivity contribution in [3.63, 3.8) is 0 Å². The van der Waals surface area contributed by atoms with Gasteiger partial charge in [0.1, 0.15) is 11.8 Å². The molecule has 0 fully saturated rings. The van der Waals surface area contributed by atoms with Crippen molar-refractivity contribution in [2.45, 2.75) is 18.9 Å². The average molecular weight is 385 g/mol. The van der Waals surface area contributed by atoms with E-state index in [1.54, 1.807) is 6.26 Å². The number of para-hydroxylation sites is 1. The van der Waals surface area contributed by atoms with E-state index in [0.29, 0.717) is 13.1 Å². The molecule has 0 spiro atoms. The molecule has 3 rings (SSSR count). The summed E-state index contributed by atoms with van der Waals surface area (Å²) in [5.41, 5.74) is 2.43. The van der Waals surface area contributed by atoms with E-state index >= 15 is 0 Å². The standard InChI is InChI=1S/C21H28N4O3/c1-24(2)12-6-11-22-20(26)21(27)23-15-18(19-9-5-14-28-19)25-13-10-16-7-3-4-8-17(16)25/h3-5,7-9,14,18H,6,10-13,15H2,1-2H3,(H,22,26)(H,23,27)/p+1/t18-/m0/s1. The molecule has 0 bridgehead atoms. The third-order valence-electron chi connectivity index (χ3n) is 4.97. The van der Waals surface area contributed by atoms with E-state index in [2.05, 4.69) is 41.8 Å². The van der Waals surface area contributed by atoms with Crippen LogP contribution in [0.4, 0.5) is 5.69 Å². The number of nitrogens with one attached hydrogen (secondary N) is 3. The quantitative estimate of drug-likeness (QED) is 0.447. The lowest BCUT2D eigenvalue weighted by Gasteiger charge is -2.29. The van der Waals surface area contributed by atoms with Crippen molar-refractivity contribution < 1.29 is 18.9 Å². The molecule has 3 N–H and O–H groups in total. The zero-order valence-electron chi connectivity index (χ0n) is 16.5. The van der Waals surface area contributed by atoms with E-state index in [1.165, 1.54) is 10.5 Å². The second kappa shape index (κ2) is 9.41. The van der Waals surface area contributed by atoms with Gasteiger partial charge in [-0.25, -0.2) is 0 Å². The number of hydrogen-bond donors (Lipinski definition) is 3. The van der Waals surface area contributed by atoms with Crippen molar-refractivity contribution in [3.05, 3.63) is 54.0 Å². The lowest BCUT2D eigenvalue weighted by Crippen LogP contribution is -3.05. The van der Waals surface area contributed by atoms with E-state index < -0.39 is 11.8 Å². The smallest absolute Gasteiger partial charge is 0.309 e. The van der Waals surface area contributed by atoms with Gasteiger partial charge in [0.25, 0.3) is 0 Å². The molecule has 0 aliphatic carbocycles. The number of hydrogen-bond acceptors (Lipinski definition) is 4. The number of benzene rings is 1. The average Bonchev–Trinajstić information content (AvgIpc) is 3.36. The summed E-state index contributed by atoms with van der Waals surface area (Å²) in [5.74, 6) is -0.429. The Hall–Kier alpha value is -2.80. The van der Waals surface area contributed by atoms with E-state index in [0.717, 1.165) is 37.4 Å². The summed E-state index contributed by atoms with van der Waals surface area (Å²) in [7, 11) is 4.11. The first-order chi connectivity index (χ1) is 13.6. The van der Waals surface area contributed by atoms with E-state index in [4.69, 9.17) is 4.42 Å². The van der Waals surface area contributed by atoms with Crippen molar-refractivity contribution in [2.24, 2.45) is 0 Å². The van der Waals surface area contributed by atoms with Gasteiger partial charge in [0.2, 0.25) is 0 Å². The predicted molar refractivity (Wildman–Crippen MR) is 107 cm³/mol. The Bertz CT molecular complexity index is 789. The van der Waals surface area contributed by atoms with Crippen LogP contribution in [0.5, 0.6) is 0 Å². The Labute approximate surface area is 165 Å². The van der Waals surface area contributed by atoms with Gasteiger partial charge in [0, 0.05) is 31.7 Å². The highest BCUT2D eigenvalue weighted by Gasteiger charge is 2.29. The number of anilines is 1. The first-order valence-electron chi connectivity index (χ1n) is 9.79. The van der Waals surface area contributed by atoms with Crippen LogP contribution in [0.3, 0.4) is 0 Å². The topological polar surface area (TPSA) is 79.0 Å². The molecular weight excluding hydrogens is 356 g/mol. The summed E-state index contributed by atoms with van der Waals surface area (Å²) < 4.78 is 5.62. The van der Waals surface area contributed by atoms with Crippen LogP contribution < -0.4 is 20.4 Å². The number of nitrogens with zero attached hydrogens (tertiary/aromatic N) is 1. The molecule has 2 amide bonds. The third kappa shape index (κ3) is 4.92. The summed E-state index contributed by atoms with van der Waals surface area (Å²) in [6.07, 6.45) is 3.42. The fourth-order valence-corrected chi connectivity index (χ4v) is 3.53. The van der Waals surface area contributed by atoms with Crippen LogP contribution >= 0.6 is 0 Å². The van der Waals surface area contributed by atoms with Gasteiger partial charge in [-0.1, -0.05) is 18.2 Å². The first kappa shape index (κ1) is 19.9. The number of quaternary nitrogens is 1. The maximum Gasteiger partial charge on any atom is 0.309 e. The van der Waals surface area contributed by atoms with Crippen LogP contribution in [0.1, 0.15) is 23.8 Å². The highest BCUT2D eigenvalue weighted by atomic mass is 16.3. The Morgan fingerprint density at radius 3 is 2.68 bits per heavy atom. The minimum atomic E-state index is -0.610. The number of amides is 2. The van der Waals surface area contributed by atoms with Crippen LogP contribution in [0.2, 0.25) is 0 Å². The zero-order chi connectivity index (χ0) is 19.9. The summed E-state index contributed by atoms with van der Waals surface area (Å²) in [4.78, 5) is 27.8. The summed E-state index contributed by atoms with van der Waals surface area (Å²) >= 11 is 0. The Morgan fingerprint density at radius 1 is 1.14 bits per heavy atom. The van der Waals surface area contributed by atoms with Gasteiger partial charge in [0.05, 0.1) is 26.9 Å². The third-order valence-corrected chi connectivity index (χ3v) is 4.97. The van der Waals surface area contributed by atoms with Crippen LogP contribution in [0.25, 0.3) is 0 Å². The molecule has 2 aromatic rings. The monoisotopic (exact) mass is 385 g/mol. The van der Waals surface area contributed by atoms with E-state index in [9.17, 15) is 9.59 Å². The molecule has 1 aliphatic rings. The summed E-state index contributed by atoms with van der Waals surface area (Å²) in [6, 6.07) is 11.8. The normalized spacial score (nSPS) is 14.0. The largest absolute Gasteiger partial charge is 0.467 e. The van der Waals surface area contributed by atoms with Gasteiger partial charge in [0.15, 0.2) is 0 Å². The van der Waals surface area contributed by atoms with Crippen molar-refractivity contribution in [1.29, 1.82) is 0 Å². The van der Waals surface area contributed by atoms with E-state index in [-0.39, 0.29) is 6.04 Å². The highest BCUT2D eigenvalue weighted by Crippen LogP contribution is 2.34. The molecule has 0 saturated heterocycles. The van der Waals surface area contributed by atoms with Crippen molar-refractivity contribution in [3.8, 4) is 0 Å².